The van der Waals surface area contributed by atoms with Crippen molar-refractivity contribution in [3.63, 3.8) is 0 Å². The summed E-state index contributed by atoms with van der Waals surface area (Å²) in [5, 5.41) is 5.76. The van der Waals surface area contributed by atoms with Gasteiger partial charge in [-0.1, -0.05) is 0 Å². The molecule has 2 amide bonds. The number of alkyl halides is 3. The van der Waals surface area contributed by atoms with Crippen LogP contribution in [0.3, 0.4) is 0 Å². The minimum absolute atomic E-state index is 0.0276. The molecule has 2 fully saturated rings. The summed E-state index contributed by atoms with van der Waals surface area (Å²) in [7, 11) is 0. The molecule has 1 aromatic rings. The lowest BCUT2D eigenvalue weighted by Crippen LogP contribution is -2.39. The van der Waals surface area contributed by atoms with E-state index in [9.17, 15) is 22.8 Å². The van der Waals surface area contributed by atoms with Crippen molar-refractivity contribution in [3.8, 4) is 0 Å². The first-order chi connectivity index (χ1) is 11.7. The predicted octanol–water partition coefficient (Wildman–Crippen LogP) is 2.63. The number of nitrogens with zero attached hydrogens (tertiary/aromatic N) is 1. The third-order valence-corrected chi connectivity index (χ3v) is 4.64. The smallest absolute Gasteiger partial charge is 0.337 e. The molecule has 136 valence electrons. The van der Waals surface area contributed by atoms with Crippen LogP contribution < -0.4 is 10.6 Å². The number of hydrogen-bond donors (Lipinski definition) is 2. The van der Waals surface area contributed by atoms with Gasteiger partial charge in [0.25, 0.3) is 5.91 Å². The fourth-order valence-electron chi connectivity index (χ4n) is 3.50. The first kappa shape index (κ1) is 17.7. The molecule has 0 spiro atoms. The van der Waals surface area contributed by atoms with Crippen LogP contribution in [0.2, 0.25) is 0 Å². The molecule has 2 aliphatic heterocycles. The molecular formula is C17H20F3N3O2. The van der Waals surface area contributed by atoms with Crippen LogP contribution in [0, 0.1) is 0 Å². The first-order valence-corrected chi connectivity index (χ1v) is 8.27. The van der Waals surface area contributed by atoms with E-state index < -0.39 is 23.6 Å². The standard InChI is InChI=1S/C17H20F3N3O2/c1-10(24)21-15-7-11(6-12(8-15)17(18,19)20)16(25)23-5-4-13-2-3-14(9-23)22-13/h6-8,13-14,22H,2-5,9H2,1H3,(H,21,24). The van der Waals surface area contributed by atoms with Gasteiger partial charge in [-0.25, -0.2) is 0 Å². The summed E-state index contributed by atoms with van der Waals surface area (Å²) in [5.74, 6) is -0.930. The van der Waals surface area contributed by atoms with Crippen molar-refractivity contribution in [2.24, 2.45) is 0 Å². The van der Waals surface area contributed by atoms with Crippen molar-refractivity contribution in [3.05, 3.63) is 29.3 Å². The minimum Gasteiger partial charge on any atom is -0.337 e. The molecule has 25 heavy (non-hydrogen) atoms. The average Bonchev–Trinajstić information content (AvgIpc) is 2.84. The number of halogens is 3. The zero-order valence-corrected chi connectivity index (χ0v) is 13.8. The third-order valence-electron chi connectivity index (χ3n) is 4.64. The van der Waals surface area contributed by atoms with Gasteiger partial charge in [0.1, 0.15) is 0 Å². The summed E-state index contributed by atoms with van der Waals surface area (Å²) in [6.45, 7) is 2.21. The van der Waals surface area contributed by atoms with Crippen LogP contribution in [0.1, 0.15) is 42.1 Å². The van der Waals surface area contributed by atoms with E-state index in [0.717, 1.165) is 31.4 Å². The number of fused-ring (bicyclic) bond motifs is 2. The summed E-state index contributed by atoms with van der Waals surface area (Å²) < 4.78 is 39.4. The molecule has 3 rings (SSSR count). The molecule has 5 nitrogen and oxygen atoms in total. The van der Waals surface area contributed by atoms with Crippen molar-refractivity contribution in [2.75, 3.05) is 18.4 Å². The fourth-order valence-corrected chi connectivity index (χ4v) is 3.50. The van der Waals surface area contributed by atoms with E-state index in [1.165, 1.54) is 13.0 Å². The number of anilines is 1. The van der Waals surface area contributed by atoms with Gasteiger partial charge in [0.05, 0.1) is 5.56 Å². The highest BCUT2D eigenvalue weighted by Crippen LogP contribution is 2.32. The van der Waals surface area contributed by atoms with Crippen LogP contribution in [0.5, 0.6) is 0 Å². The Morgan fingerprint density at radius 3 is 2.56 bits per heavy atom. The molecule has 2 N–H and O–H groups in total. The number of amides is 2. The monoisotopic (exact) mass is 355 g/mol. The molecule has 0 saturated carbocycles. The highest BCUT2D eigenvalue weighted by molar-refractivity contribution is 5.97. The fraction of sp³-hybridized carbons (Fsp3) is 0.529. The van der Waals surface area contributed by atoms with Crippen molar-refractivity contribution < 1.29 is 22.8 Å². The van der Waals surface area contributed by atoms with Gasteiger partial charge in [-0.2, -0.15) is 13.2 Å². The Morgan fingerprint density at radius 2 is 1.88 bits per heavy atom. The number of nitrogens with one attached hydrogen (secondary N) is 2. The number of rotatable bonds is 2. The average molecular weight is 355 g/mol. The Balaban J connectivity index is 1.89. The third kappa shape index (κ3) is 4.12. The second-order valence-corrected chi connectivity index (χ2v) is 6.66. The summed E-state index contributed by atoms with van der Waals surface area (Å²) in [6, 6.07) is 3.56. The summed E-state index contributed by atoms with van der Waals surface area (Å²) in [6.07, 6.45) is -1.76. The van der Waals surface area contributed by atoms with E-state index in [1.807, 2.05) is 0 Å². The lowest BCUT2D eigenvalue weighted by atomic mass is 10.0. The second-order valence-electron chi connectivity index (χ2n) is 6.66. The molecule has 2 bridgehead atoms. The van der Waals surface area contributed by atoms with Crippen LogP contribution >= 0.6 is 0 Å². The Hall–Kier alpha value is -2.09. The molecule has 8 heteroatoms. The molecule has 2 heterocycles. The summed E-state index contributed by atoms with van der Waals surface area (Å²) in [5.41, 5.74) is -1.03. The molecule has 0 radical (unpaired) electrons. The highest BCUT2D eigenvalue weighted by Gasteiger charge is 2.34. The number of hydrogen-bond acceptors (Lipinski definition) is 3. The van der Waals surface area contributed by atoms with Gasteiger partial charge in [-0.05, 0) is 37.5 Å². The number of likely N-dealkylation sites (tertiary alicyclic amines) is 1. The molecule has 1 aromatic carbocycles. The van der Waals surface area contributed by atoms with Gasteiger partial charge in [0.2, 0.25) is 5.91 Å². The van der Waals surface area contributed by atoms with Crippen molar-refractivity contribution in [2.45, 2.75) is 44.4 Å². The van der Waals surface area contributed by atoms with Gasteiger partial charge in [0, 0.05) is 43.3 Å². The maximum Gasteiger partial charge on any atom is 0.416 e. The van der Waals surface area contributed by atoms with E-state index >= 15 is 0 Å². The molecule has 0 aliphatic carbocycles. The van der Waals surface area contributed by atoms with E-state index in [2.05, 4.69) is 10.6 Å². The van der Waals surface area contributed by atoms with Gasteiger partial charge in [-0.15, -0.1) is 0 Å². The van der Waals surface area contributed by atoms with E-state index in [4.69, 9.17) is 0 Å². The second kappa shape index (κ2) is 6.67. The lowest BCUT2D eigenvalue weighted by Gasteiger charge is -2.25. The SMILES string of the molecule is CC(=O)Nc1cc(C(=O)N2CCC3CCC(C2)N3)cc(C(F)(F)F)c1. The Kier molecular flexibility index (Phi) is 4.73. The Labute approximate surface area is 143 Å². The van der Waals surface area contributed by atoms with Gasteiger partial charge in [-0.3, -0.25) is 9.59 Å². The minimum atomic E-state index is -4.59. The number of carbonyl (C=O) groups excluding carboxylic acids is 2. The maximum absolute atomic E-state index is 13.1. The van der Waals surface area contributed by atoms with E-state index in [0.29, 0.717) is 19.1 Å². The summed E-state index contributed by atoms with van der Waals surface area (Å²) >= 11 is 0. The van der Waals surface area contributed by atoms with Gasteiger partial charge < -0.3 is 15.5 Å². The highest BCUT2D eigenvalue weighted by atomic mass is 19.4. The van der Waals surface area contributed by atoms with Crippen LogP contribution in [-0.4, -0.2) is 41.9 Å². The van der Waals surface area contributed by atoms with Crippen LogP contribution in [0.25, 0.3) is 0 Å². The largest absolute Gasteiger partial charge is 0.416 e. The number of carbonyl (C=O) groups is 2. The van der Waals surface area contributed by atoms with E-state index in [1.54, 1.807) is 4.90 Å². The van der Waals surface area contributed by atoms with E-state index in [-0.39, 0.29) is 17.3 Å². The number of benzene rings is 1. The first-order valence-electron chi connectivity index (χ1n) is 8.27. The van der Waals surface area contributed by atoms with Crippen molar-refractivity contribution in [1.29, 1.82) is 0 Å². The summed E-state index contributed by atoms with van der Waals surface area (Å²) in [4.78, 5) is 25.6. The van der Waals surface area contributed by atoms with Crippen LogP contribution in [0.15, 0.2) is 18.2 Å². The molecule has 2 atom stereocenters. The molecule has 2 aliphatic rings. The zero-order chi connectivity index (χ0) is 18.2. The van der Waals surface area contributed by atoms with Gasteiger partial charge in [0.15, 0.2) is 0 Å². The van der Waals surface area contributed by atoms with Crippen molar-refractivity contribution in [1.82, 2.24) is 10.2 Å². The topological polar surface area (TPSA) is 61.4 Å². The molecular weight excluding hydrogens is 335 g/mol. The van der Waals surface area contributed by atoms with Crippen LogP contribution in [0.4, 0.5) is 18.9 Å². The van der Waals surface area contributed by atoms with Crippen LogP contribution in [-0.2, 0) is 11.0 Å². The Morgan fingerprint density at radius 1 is 1.16 bits per heavy atom. The quantitative estimate of drug-likeness (QED) is 0.857. The zero-order valence-electron chi connectivity index (χ0n) is 13.8. The predicted molar refractivity (Wildman–Crippen MR) is 86.2 cm³/mol. The van der Waals surface area contributed by atoms with Gasteiger partial charge >= 0.3 is 6.18 Å². The molecule has 0 aromatic heterocycles. The normalized spacial score (nSPS) is 23.3. The Bertz CT molecular complexity index is 690. The maximum atomic E-state index is 13.1. The lowest BCUT2D eigenvalue weighted by molar-refractivity contribution is -0.137. The van der Waals surface area contributed by atoms with Crippen molar-refractivity contribution >= 4 is 17.5 Å². The molecule has 2 unspecified atom stereocenters. The molecule has 2 saturated heterocycles.